The van der Waals surface area contributed by atoms with Crippen molar-refractivity contribution in [3.63, 3.8) is 0 Å². The number of anilines is 2. The number of carbonyl (C=O) groups excluding carboxylic acids is 3. The molecule has 8 heteroatoms. The number of morpholine rings is 1. The molecule has 3 amide bonds. The van der Waals surface area contributed by atoms with E-state index in [0.29, 0.717) is 48.8 Å². The van der Waals surface area contributed by atoms with Crippen LogP contribution in [0.5, 0.6) is 0 Å². The fraction of sp³-hybridized carbons (Fsp3) is 0.423. The van der Waals surface area contributed by atoms with Gasteiger partial charge in [0.05, 0.1) is 19.8 Å². The number of amides is 3. The minimum absolute atomic E-state index is 0.0359. The number of ether oxygens (including phenoxy) is 1. The smallest absolute Gasteiger partial charge is 0.254 e. The second-order valence-electron chi connectivity index (χ2n) is 8.67. The molecule has 34 heavy (non-hydrogen) atoms. The number of benzene rings is 2. The Balaban J connectivity index is 1.27. The number of carbonyl (C=O) groups is 3. The molecule has 0 spiro atoms. The van der Waals surface area contributed by atoms with Crippen molar-refractivity contribution in [3.05, 3.63) is 59.7 Å². The van der Waals surface area contributed by atoms with Gasteiger partial charge in [-0.05, 0) is 55.3 Å². The minimum Gasteiger partial charge on any atom is -0.378 e. The SMILES string of the molecule is O=C(CNc1cccc(C(=O)N2CCOCC2)c1)Nc1ccc(C(=O)N2CCCCCC2)cc1. The van der Waals surface area contributed by atoms with Crippen LogP contribution in [0.1, 0.15) is 46.4 Å². The van der Waals surface area contributed by atoms with Crippen molar-refractivity contribution < 1.29 is 19.1 Å². The summed E-state index contributed by atoms with van der Waals surface area (Å²) in [7, 11) is 0. The monoisotopic (exact) mass is 464 g/mol. The molecule has 2 heterocycles. The van der Waals surface area contributed by atoms with E-state index >= 15 is 0 Å². The molecule has 0 bridgehead atoms. The number of nitrogens with zero attached hydrogens (tertiary/aromatic N) is 2. The zero-order valence-electron chi connectivity index (χ0n) is 19.4. The molecule has 2 aliphatic rings. The first-order valence-corrected chi connectivity index (χ1v) is 12.0. The molecule has 8 nitrogen and oxygen atoms in total. The maximum Gasteiger partial charge on any atom is 0.254 e. The van der Waals surface area contributed by atoms with Crippen LogP contribution in [0, 0.1) is 0 Å². The Bertz CT molecular complexity index is 994. The summed E-state index contributed by atoms with van der Waals surface area (Å²) in [5.41, 5.74) is 2.56. The molecule has 2 aromatic rings. The molecule has 2 fully saturated rings. The van der Waals surface area contributed by atoms with Crippen molar-refractivity contribution in [3.8, 4) is 0 Å². The predicted octanol–water partition coefficient (Wildman–Crippen LogP) is 3.23. The van der Waals surface area contributed by atoms with Crippen LogP contribution in [0.2, 0.25) is 0 Å². The standard InChI is InChI=1S/C26H32N4O4/c31-24(19-27-23-7-5-6-21(18-23)26(33)30-14-16-34-17-15-30)28-22-10-8-20(9-11-22)25(32)29-12-3-1-2-4-13-29/h5-11,18,27H,1-4,12-17,19H2,(H,28,31). The van der Waals surface area contributed by atoms with Crippen LogP contribution in [0.3, 0.4) is 0 Å². The molecular weight excluding hydrogens is 432 g/mol. The fourth-order valence-electron chi connectivity index (χ4n) is 4.25. The van der Waals surface area contributed by atoms with Crippen molar-refractivity contribution in [2.24, 2.45) is 0 Å². The van der Waals surface area contributed by atoms with Crippen LogP contribution in [0.15, 0.2) is 48.5 Å². The molecule has 180 valence electrons. The maximum atomic E-state index is 12.7. The lowest BCUT2D eigenvalue weighted by Crippen LogP contribution is -2.40. The molecule has 2 aliphatic heterocycles. The molecule has 2 N–H and O–H groups in total. The van der Waals surface area contributed by atoms with Crippen molar-refractivity contribution >= 4 is 29.1 Å². The van der Waals surface area contributed by atoms with Crippen LogP contribution in [0.25, 0.3) is 0 Å². The highest BCUT2D eigenvalue weighted by atomic mass is 16.5. The van der Waals surface area contributed by atoms with Gasteiger partial charge >= 0.3 is 0 Å². The van der Waals surface area contributed by atoms with Gasteiger partial charge in [0.15, 0.2) is 0 Å². The van der Waals surface area contributed by atoms with E-state index in [-0.39, 0.29) is 24.3 Å². The summed E-state index contributed by atoms with van der Waals surface area (Å²) in [4.78, 5) is 41.5. The molecular formula is C26H32N4O4. The highest BCUT2D eigenvalue weighted by molar-refractivity contribution is 5.97. The zero-order chi connectivity index (χ0) is 23.8. The van der Waals surface area contributed by atoms with Crippen LogP contribution < -0.4 is 10.6 Å². The normalized spacial score (nSPS) is 16.5. The Morgan fingerprint density at radius 3 is 2.09 bits per heavy atom. The van der Waals surface area contributed by atoms with Gasteiger partial charge in [0.2, 0.25) is 5.91 Å². The van der Waals surface area contributed by atoms with Crippen molar-refractivity contribution in [2.75, 3.05) is 56.6 Å². The average Bonchev–Trinajstić information content (AvgIpc) is 3.17. The quantitative estimate of drug-likeness (QED) is 0.685. The van der Waals surface area contributed by atoms with Gasteiger partial charge in [-0.1, -0.05) is 18.9 Å². The molecule has 0 saturated carbocycles. The Morgan fingerprint density at radius 2 is 1.38 bits per heavy atom. The summed E-state index contributed by atoms with van der Waals surface area (Å²) < 4.78 is 5.30. The van der Waals surface area contributed by atoms with Gasteiger partial charge in [-0.15, -0.1) is 0 Å². The number of hydrogen-bond donors (Lipinski definition) is 2. The Labute approximate surface area is 200 Å². The average molecular weight is 465 g/mol. The molecule has 0 radical (unpaired) electrons. The maximum absolute atomic E-state index is 12.7. The van der Waals surface area contributed by atoms with Crippen LogP contribution in [-0.2, 0) is 9.53 Å². The van der Waals surface area contributed by atoms with E-state index in [9.17, 15) is 14.4 Å². The van der Waals surface area contributed by atoms with Crippen molar-refractivity contribution in [1.29, 1.82) is 0 Å². The highest BCUT2D eigenvalue weighted by Crippen LogP contribution is 2.17. The van der Waals surface area contributed by atoms with Crippen molar-refractivity contribution in [2.45, 2.75) is 25.7 Å². The van der Waals surface area contributed by atoms with Gasteiger partial charge in [0.25, 0.3) is 11.8 Å². The van der Waals surface area contributed by atoms with E-state index in [1.807, 2.05) is 11.0 Å². The van der Waals surface area contributed by atoms with E-state index in [1.54, 1.807) is 47.4 Å². The third-order valence-electron chi connectivity index (χ3n) is 6.17. The van der Waals surface area contributed by atoms with Gasteiger partial charge in [-0.3, -0.25) is 14.4 Å². The summed E-state index contributed by atoms with van der Waals surface area (Å²) in [6.07, 6.45) is 4.46. The number of hydrogen-bond acceptors (Lipinski definition) is 5. The molecule has 2 aromatic carbocycles. The third-order valence-corrected chi connectivity index (χ3v) is 6.17. The minimum atomic E-state index is -0.212. The van der Waals surface area contributed by atoms with Crippen LogP contribution in [0.4, 0.5) is 11.4 Å². The predicted molar refractivity (Wildman–Crippen MR) is 131 cm³/mol. The molecule has 0 aromatic heterocycles. The first-order chi connectivity index (χ1) is 16.6. The summed E-state index contributed by atoms with van der Waals surface area (Å²) >= 11 is 0. The Morgan fingerprint density at radius 1 is 0.735 bits per heavy atom. The lowest BCUT2D eigenvalue weighted by molar-refractivity contribution is -0.114. The lowest BCUT2D eigenvalue weighted by atomic mass is 10.1. The number of nitrogens with one attached hydrogen (secondary N) is 2. The topological polar surface area (TPSA) is 91.0 Å². The van der Waals surface area contributed by atoms with E-state index in [4.69, 9.17) is 4.74 Å². The molecule has 0 atom stereocenters. The number of rotatable bonds is 6. The molecule has 0 aliphatic carbocycles. The fourth-order valence-corrected chi connectivity index (χ4v) is 4.25. The summed E-state index contributed by atoms with van der Waals surface area (Å²) in [5, 5.41) is 5.91. The van der Waals surface area contributed by atoms with Gasteiger partial charge < -0.3 is 25.2 Å². The first-order valence-electron chi connectivity index (χ1n) is 12.0. The van der Waals surface area contributed by atoms with E-state index < -0.39 is 0 Å². The van der Waals surface area contributed by atoms with E-state index in [1.165, 1.54) is 12.8 Å². The largest absolute Gasteiger partial charge is 0.378 e. The summed E-state index contributed by atoms with van der Waals surface area (Å²) in [6.45, 7) is 3.95. The Kier molecular flexibility index (Phi) is 8.14. The number of likely N-dealkylation sites (tertiary alicyclic amines) is 1. The second-order valence-corrected chi connectivity index (χ2v) is 8.67. The molecule has 2 saturated heterocycles. The lowest BCUT2D eigenvalue weighted by Gasteiger charge is -2.27. The highest BCUT2D eigenvalue weighted by Gasteiger charge is 2.19. The molecule has 4 rings (SSSR count). The van der Waals surface area contributed by atoms with Crippen LogP contribution in [-0.4, -0.2) is 73.5 Å². The third kappa shape index (κ3) is 6.35. The van der Waals surface area contributed by atoms with Gasteiger partial charge in [0, 0.05) is 48.7 Å². The van der Waals surface area contributed by atoms with E-state index in [2.05, 4.69) is 10.6 Å². The first kappa shape index (κ1) is 23.8. The van der Waals surface area contributed by atoms with Crippen molar-refractivity contribution in [1.82, 2.24) is 9.80 Å². The van der Waals surface area contributed by atoms with Gasteiger partial charge in [0.1, 0.15) is 0 Å². The summed E-state index contributed by atoms with van der Waals surface area (Å²) in [5.74, 6) is -0.198. The second kappa shape index (κ2) is 11.7. The van der Waals surface area contributed by atoms with Crippen LogP contribution >= 0.6 is 0 Å². The van der Waals surface area contributed by atoms with Gasteiger partial charge in [-0.25, -0.2) is 0 Å². The summed E-state index contributed by atoms with van der Waals surface area (Å²) in [6, 6.07) is 14.2. The van der Waals surface area contributed by atoms with Gasteiger partial charge in [-0.2, -0.15) is 0 Å². The zero-order valence-corrected chi connectivity index (χ0v) is 19.4. The van der Waals surface area contributed by atoms with E-state index in [0.717, 1.165) is 25.9 Å². The Hall–Kier alpha value is -3.39. The molecule has 0 unspecified atom stereocenters.